The van der Waals surface area contributed by atoms with E-state index in [0.717, 1.165) is 9.35 Å². The smallest absolute Gasteiger partial charge is 0.265 e. The molecule has 3 nitrogen and oxygen atoms in total. The molecule has 0 spiro atoms. The lowest BCUT2D eigenvalue weighted by Gasteiger charge is -2.06. The number of anilines is 1. The van der Waals surface area contributed by atoms with Crippen LogP contribution in [0.4, 0.5) is 5.69 Å². The molecule has 1 amide bonds. The van der Waals surface area contributed by atoms with Crippen molar-refractivity contribution in [3.8, 4) is 5.75 Å². The van der Waals surface area contributed by atoms with E-state index < -0.39 is 0 Å². The third-order valence-electron chi connectivity index (χ3n) is 2.20. The molecule has 0 bridgehead atoms. The molecule has 0 saturated carbocycles. The lowest BCUT2D eigenvalue weighted by molar-refractivity contribution is 0.103. The van der Waals surface area contributed by atoms with Crippen molar-refractivity contribution in [3.63, 3.8) is 0 Å². The van der Waals surface area contributed by atoms with Crippen LogP contribution in [0.3, 0.4) is 0 Å². The van der Waals surface area contributed by atoms with Crippen molar-refractivity contribution in [2.24, 2.45) is 0 Å². The largest absolute Gasteiger partial charge is 0.506 e. The van der Waals surface area contributed by atoms with E-state index in [0.29, 0.717) is 10.6 Å². The fourth-order valence-electron chi connectivity index (χ4n) is 1.37. The first-order valence-electron chi connectivity index (χ1n) is 4.92. The molecule has 2 N–H and O–H groups in total. The van der Waals surface area contributed by atoms with Crippen LogP contribution >= 0.6 is 27.3 Å². The van der Waals surface area contributed by atoms with Crippen LogP contribution in [-0.4, -0.2) is 11.0 Å². The van der Waals surface area contributed by atoms with Crippen molar-refractivity contribution in [2.45, 2.75) is 6.92 Å². The SMILES string of the molecule is Cc1ccc(NC(=O)c2ccc(Br)s2)c(O)c1. The van der Waals surface area contributed by atoms with Gasteiger partial charge in [-0.3, -0.25) is 4.79 Å². The Bertz CT molecular complexity index is 565. The predicted octanol–water partition coefficient (Wildman–Crippen LogP) is 3.78. The number of phenols is 1. The number of thiophene rings is 1. The van der Waals surface area contributed by atoms with E-state index in [4.69, 9.17) is 0 Å². The van der Waals surface area contributed by atoms with Gasteiger partial charge in [-0.15, -0.1) is 11.3 Å². The zero-order valence-electron chi connectivity index (χ0n) is 9.03. The summed E-state index contributed by atoms with van der Waals surface area (Å²) >= 11 is 4.65. The molecule has 0 unspecified atom stereocenters. The summed E-state index contributed by atoms with van der Waals surface area (Å²) in [4.78, 5) is 12.4. The molecule has 0 aliphatic carbocycles. The lowest BCUT2D eigenvalue weighted by atomic mass is 10.2. The highest BCUT2D eigenvalue weighted by Gasteiger charge is 2.10. The first kappa shape index (κ1) is 12.1. The van der Waals surface area contributed by atoms with E-state index >= 15 is 0 Å². The Morgan fingerprint density at radius 1 is 1.35 bits per heavy atom. The first-order valence-corrected chi connectivity index (χ1v) is 6.53. The molecule has 0 saturated heterocycles. The summed E-state index contributed by atoms with van der Waals surface area (Å²) < 4.78 is 0.899. The second-order valence-electron chi connectivity index (χ2n) is 3.58. The van der Waals surface area contributed by atoms with Gasteiger partial charge in [0.25, 0.3) is 5.91 Å². The van der Waals surface area contributed by atoms with Crippen molar-refractivity contribution in [1.82, 2.24) is 0 Å². The van der Waals surface area contributed by atoms with E-state index in [9.17, 15) is 9.90 Å². The number of carbonyl (C=O) groups excluding carboxylic acids is 1. The summed E-state index contributed by atoms with van der Waals surface area (Å²) in [6.07, 6.45) is 0. The molecule has 2 aromatic rings. The zero-order chi connectivity index (χ0) is 12.4. The summed E-state index contributed by atoms with van der Waals surface area (Å²) in [6, 6.07) is 8.68. The molecule has 2 rings (SSSR count). The highest BCUT2D eigenvalue weighted by atomic mass is 79.9. The number of hydrogen-bond donors (Lipinski definition) is 2. The van der Waals surface area contributed by atoms with Gasteiger partial charge < -0.3 is 10.4 Å². The van der Waals surface area contributed by atoms with Crippen LogP contribution in [0.5, 0.6) is 5.75 Å². The fourth-order valence-corrected chi connectivity index (χ4v) is 2.65. The number of halogens is 1. The van der Waals surface area contributed by atoms with Crippen LogP contribution in [0, 0.1) is 6.92 Å². The van der Waals surface area contributed by atoms with Crippen molar-refractivity contribution >= 4 is 38.9 Å². The Labute approximate surface area is 111 Å². The molecule has 1 aromatic carbocycles. The molecule has 1 heterocycles. The third-order valence-corrected chi connectivity index (χ3v) is 3.82. The highest BCUT2D eigenvalue weighted by Crippen LogP contribution is 2.27. The maximum atomic E-state index is 11.8. The predicted molar refractivity (Wildman–Crippen MR) is 72.8 cm³/mol. The normalized spacial score (nSPS) is 10.2. The monoisotopic (exact) mass is 311 g/mol. The van der Waals surface area contributed by atoms with Crippen LogP contribution in [0.2, 0.25) is 0 Å². The van der Waals surface area contributed by atoms with Crippen molar-refractivity contribution in [1.29, 1.82) is 0 Å². The average molecular weight is 312 g/mol. The second kappa shape index (κ2) is 4.89. The number of aromatic hydroxyl groups is 1. The van der Waals surface area contributed by atoms with Gasteiger partial charge >= 0.3 is 0 Å². The Morgan fingerprint density at radius 3 is 2.71 bits per heavy atom. The van der Waals surface area contributed by atoms with Crippen LogP contribution < -0.4 is 5.32 Å². The van der Waals surface area contributed by atoms with Gasteiger partial charge in [0.15, 0.2) is 0 Å². The molecule has 88 valence electrons. The van der Waals surface area contributed by atoms with E-state index in [1.807, 2.05) is 19.1 Å². The summed E-state index contributed by atoms with van der Waals surface area (Å²) in [5.74, 6) is -0.145. The van der Waals surface area contributed by atoms with Gasteiger partial charge in [-0.25, -0.2) is 0 Å². The lowest BCUT2D eigenvalue weighted by Crippen LogP contribution is -2.10. The van der Waals surface area contributed by atoms with Gasteiger partial charge in [0, 0.05) is 0 Å². The van der Waals surface area contributed by atoms with E-state index in [1.165, 1.54) is 11.3 Å². The number of hydrogen-bond acceptors (Lipinski definition) is 3. The van der Waals surface area contributed by atoms with Crippen molar-refractivity contribution in [3.05, 3.63) is 44.6 Å². The molecule has 0 aliphatic heterocycles. The second-order valence-corrected chi connectivity index (χ2v) is 6.04. The van der Waals surface area contributed by atoms with Gasteiger partial charge in [0.2, 0.25) is 0 Å². The minimum atomic E-state index is -0.222. The molecule has 0 atom stereocenters. The molecule has 0 fully saturated rings. The molecule has 0 radical (unpaired) electrons. The number of rotatable bonds is 2. The molecular weight excluding hydrogens is 302 g/mol. The number of amides is 1. The minimum absolute atomic E-state index is 0.0778. The van der Waals surface area contributed by atoms with Gasteiger partial charge in [-0.1, -0.05) is 6.07 Å². The molecular formula is C12H10BrNO2S. The van der Waals surface area contributed by atoms with E-state index in [-0.39, 0.29) is 11.7 Å². The third kappa shape index (κ3) is 2.87. The van der Waals surface area contributed by atoms with Gasteiger partial charge in [-0.2, -0.15) is 0 Å². The zero-order valence-corrected chi connectivity index (χ0v) is 11.4. The maximum Gasteiger partial charge on any atom is 0.265 e. The molecule has 17 heavy (non-hydrogen) atoms. The van der Waals surface area contributed by atoms with Gasteiger partial charge in [0.05, 0.1) is 14.4 Å². The molecule has 0 aliphatic rings. The van der Waals surface area contributed by atoms with Crippen LogP contribution in [0.1, 0.15) is 15.2 Å². The van der Waals surface area contributed by atoms with E-state index in [1.54, 1.807) is 18.2 Å². The summed E-state index contributed by atoms with van der Waals surface area (Å²) in [7, 11) is 0. The van der Waals surface area contributed by atoms with Crippen molar-refractivity contribution in [2.75, 3.05) is 5.32 Å². The number of phenolic OH excluding ortho intramolecular Hbond substituents is 1. The minimum Gasteiger partial charge on any atom is -0.506 e. The topological polar surface area (TPSA) is 49.3 Å². The van der Waals surface area contributed by atoms with Gasteiger partial charge in [-0.05, 0) is 52.7 Å². The Hall–Kier alpha value is -1.33. The van der Waals surface area contributed by atoms with Gasteiger partial charge in [0.1, 0.15) is 5.75 Å². The quantitative estimate of drug-likeness (QED) is 0.829. The first-order chi connectivity index (χ1) is 8.06. The Morgan fingerprint density at radius 2 is 2.12 bits per heavy atom. The van der Waals surface area contributed by atoms with Crippen LogP contribution in [-0.2, 0) is 0 Å². The number of aryl methyl sites for hydroxylation is 1. The number of benzene rings is 1. The highest BCUT2D eigenvalue weighted by molar-refractivity contribution is 9.11. The average Bonchev–Trinajstić information content (AvgIpc) is 2.69. The van der Waals surface area contributed by atoms with E-state index in [2.05, 4.69) is 21.2 Å². The van der Waals surface area contributed by atoms with Crippen LogP contribution in [0.25, 0.3) is 0 Å². The number of carbonyl (C=O) groups is 1. The molecule has 5 heteroatoms. The number of nitrogens with one attached hydrogen (secondary N) is 1. The summed E-state index contributed by atoms with van der Waals surface area (Å²) in [5.41, 5.74) is 1.37. The maximum absolute atomic E-state index is 11.8. The molecule has 1 aromatic heterocycles. The fraction of sp³-hybridized carbons (Fsp3) is 0.0833. The summed E-state index contributed by atoms with van der Waals surface area (Å²) in [5, 5.41) is 12.3. The van der Waals surface area contributed by atoms with Crippen molar-refractivity contribution < 1.29 is 9.90 Å². The van der Waals surface area contributed by atoms with Crippen LogP contribution in [0.15, 0.2) is 34.1 Å². The Balaban J connectivity index is 2.18. The Kier molecular flexibility index (Phi) is 3.49. The standard InChI is InChI=1S/C12H10BrNO2S/c1-7-2-3-8(9(15)6-7)14-12(16)10-4-5-11(13)17-10/h2-6,15H,1H3,(H,14,16). The summed E-state index contributed by atoms with van der Waals surface area (Å²) in [6.45, 7) is 1.88.